The maximum absolute atomic E-state index is 12.0. The van der Waals surface area contributed by atoms with Crippen molar-refractivity contribution in [2.24, 2.45) is 5.73 Å². The molecule has 1 aromatic carbocycles. The Hall–Kier alpha value is -2.41. The predicted molar refractivity (Wildman–Crippen MR) is 74.5 cm³/mol. The number of amides is 2. The third-order valence-corrected chi connectivity index (χ3v) is 3.45. The van der Waals surface area contributed by atoms with Crippen molar-refractivity contribution in [3.05, 3.63) is 35.9 Å². The van der Waals surface area contributed by atoms with Crippen LogP contribution in [0.5, 0.6) is 0 Å². The first-order chi connectivity index (χ1) is 10.0. The molecule has 7 nitrogen and oxygen atoms in total. The van der Waals surface area contributed by atoms with E-state index in [1.807, 2.05) is 0 Å². The first kappa shape index (κ1) is 15.0. The van der Waals surface area contributed by atoms with Crippen molar-refractivity contribution in [3.8, 4) is 0 Å². The Morgan fingerprint density at radius 1 is 1.29 bits per heavy atom. The fraction of sp³-hybridized carbons (Fsp3) is 0.357. The van der Waals surface area contributed by atoms with Crippen molar-refractivity contribution in [1.82, 2.24) is 10.2 Å². The van der Waals surface area contributed by atoms with Crippen molar-refractivity contribution in [3.63, 3.8) is 0 Å². The van der Waals surface area contributed by atoms with Gasteiger partial charge in [0.15, 0.2) is 0 Å². The van der Waals surface area contributed by atoms with E-state index in [0.717, 1.165) is 0 Å². The fourth-order valence-corrected chi connectivity index (χ4v) is 2.43. The van der Waals surface area contributed by atoms with Crippen molar-refractivity contribution in [2.75, 3.05) is 13.1 Å². The maximum atomic E-state index is 12.0. The van der Waals surface area contributed by atoms with Gasteiger partial charge in [0.2, 0.25) is 5.91 Å². The summed E-state index contributed by atoms with van der Waals surface area (Å²) in [4.78, 5) is 36.1. The number of carboxylic acid groups (broad SMARTS) is 1. The predicted octanol–water partition coefficient (Wildman–Crippen LogP) is -0.571. The first-order valence-corrected chi connectivity index (χ1v) is 6.61. The Labute approximate surface area is 121 Å². The molecule has 0 bridgehead atoms. The lowest BCUT2D eigenvalue weighted by Crippen LogP contribution is -2.44. The molecule has 21 heavy (non-hydrogen) atoms. The largest absolute Gasteiger partial charge is 0.480 e. The Balaban J connectivity index is 2.04. The molecule has 1 aliphatic heterocycles. The van der Waals surface area contributed by atoms with Crippen LogP contribution >= 0.6 is 0 Å². The molecule has 1 heterocycles. The number of likely N-dealkylation sites (tertiary alicyclic amines) is 1. The van der Waals surface area contributed by atoms with Crippen LogP contribution in [0.1, 0.15) is 16.8 Å². The second-order valence-electron chi connectivity index (χ2n) is 4.88. The third-order valence-electron chi connectivity index (χ3n) is 3.45. The van der Waals surface area contributed by atoms with Crippen molar-refractivity contribution in [1.29, 1.82) is 0 Å². The number of nitrogens with zero attached hydrogens (tertiary/aromatic N) is 1. The molecule has 1 aliphatic rings. The molecule has 0 saturated carbocycles. The first-order valence-electron chi connectivity index (χ1n) is 6.61. The molecule has 2 rings (SSSR count). The van der Waals surface area contributed by atoms with Crippen LogP contribution in [0, 0.1) is 0 Å². The minimum Gasteiger partial charge on any atom is -0.480 e. The van der Waals surface area contributed by atoms with Crippen molar-refractivity contribution >= 4 is 17.8 Å². The molecule has 4 N–H and O–H groups in total. The van der Waals surface area contributed by atoms with Gasteiger partial charge >= 0.3 is 5.97 Å². The van der Waals surface area contributed by atoms with Crippen LogP contribution in [0.4, 0.5) is 0 Å². The quantitative estimate of drug-likeness (QED) is 0.687. The number of carbonyl (C=O) groups is 3. The van der Waals surface area contributed by atoms with Gasteiger partial charge in [-0.3, -0.25) is 9.59 Å². The summed E-state index contributed by atoms with van der Waals surface area (Å²) < 4.78 is 0. The summed E-state index contributed by atoms with van der Waals surface area (Å²) in [5.41, 5.74) is 5.77. The molecule has 0 spiro atoms. The summed E-state index contributed by atoms with van der Waals surface area (Å²) >= 11 is 0. The number of aliphatic carboxylic acids is 1. The van der Waals surface area contributed by atoms with E-state index in [9.17, 15) is 14.4 Å². The highest BCUT2D eigenvalue weighted by Crippen LogP contribution is 2.18. The van der Waals surface area contributed by atoms with E-state index < -0.39 is 24.0 Å². The van der Waals surface area contributed by atoms with Gasteiger partial charge in [-0.15, -0.1) is 0 Å². The van der Waals surface area contributed by atoms with E-state index >= 15 is 0 Å². The second-order valence-corrected chi connectivity index (χ2v) is 4.88. The Morgan fingerprint density at radius 2 is 1.95 bits per heavy atom. The lowest BCUT2D eigenvalue weighted by molar-refractivity contribution is -0.147. The molecule has 1 fully saturated rings. The van der Waals surface area contributed by atoms with Crippen molar-refractivity contribution in [2.45, 2.75) is 18.5 Å². The topological polar surface area (TPSA) is 113 Å². The van der Waals surface area contributed by atoms with Gasteiger partial charge in [-0.25, -0.2) is 4.79 Å². The van der Waals surface area contributed by atoms with E-state index in [2.05, 4.69) is 5.32 Å². The second kappa shape index (κ2) is 6.36. The van der Waals surface area contributed by atoms with E-state index in [1.165, 1.54) is 4.90 Å². The van der Waals surface area contributed by atoms with Crippen LogP contribution in [0.3, 0.4) is 0 Å². The Bertz CT molecular complexity index is 546. The normalized spacial score (nSPS) is 21.1. The number of carbonyl (C=O) groups excluding carboxylic acids is 2. The van der Waals surface area contributed by atoms with Gasteiger partial charge in [0.05, 0.1) is 6.54 Å². The Kier molecular flexibility index (Phi) is 4.54. The molecule has 1 unspecified atom stereocenters. The number of benzene rings is 1. The van der Waals surface area contributed by atoms with Gasteiger partial charge in [-0.05, 0) is 12.1 Å². The lowest BCUT2D eigenvalue weighted by atomic mass is 10.1. The summed E-state index contributed by atoms with van der Waals surface area (Å²) in [7, 11) is 0. The minimum atomic E-state index is -1.09. The van der Waals surface area contributed by atoms with Gasteiger partial charge in [0, 0.05) is 24.6 Å². The van der Waals surface area contributed by atoms with Crippen LogP contribution in [0.15, 0.2) is 30.3 Å². The van der Waals surface area contributed by atoms with Crippen LogP contribution < -0.4 is 11.1 Å². The van der Waals surface area contributed by atoms with Gasteiger partial charge in [0.25, 0.3) is 5.91 Å². The van der Waals surface area contributed by atoms with E-state index in [-0.39, 0.29) is 25.4 Å². The third kappa shape index (κ3) is 3.38. The van der Waals surface area contributed by atoms with Crippen LogP contribution in [0.25, 0.3) is 0 Å². The van der Waals surface area contributed by atoms with Crippen LogP contribution in [-0.4, -0.2) is 53.0 Å². The van der Waals surface area contributed by atoms with Gasteiger partial charge < -0.3 is 21.1 Å². The molecule has 2 amide bonds. The molecule has 0 radical (unpaired) electrons. The highest BCUT2D eigenvalue weighted by atomic mass is 16.4. The SMILES string of the molecule is NCC(=O)N1CC(NC(=O)c2ccccc2)C[C@H]1C(=O)O. The average molecular weight is 291 g/mol. The summed E-state index contributed by atoms with van der Waals surface area (Å²) in [5, 5.41) is 11.9. The minimum absolute atomic E-state index is 0.158. The average Bonchev–Trinajstić information content (AvgIpc) is 2.91. The standard InChI is InChI=1S/C14H17N3O4/c15-7-12(18)17-8-10(6-11(17)14(20)21)16-13(19)9-4-2-1-3-5-9/h1-5,10-11H,6-8,15H2,(H,16,19)(H,20,21)/t10?,11-/m0/s1. The summed E-state index contributed by atoms with van der Waals surface area (Å²) in [5.74, 6) is -1.81. The molecule has 0 aliphatic carbocycles. The zero-order valence-corrected chi connectivity index (χ0v) is 11.4. The van der Waals surface area contributed by atoms with Crippen molar-refractivity contribution < 1.29 is 19.5 Å². The molecular weight excluding hydrogens is 274 g/mol. The highest BCUT2D eigenvalue weighted by molar-refractivity contribution is 5.94. The molecule has 7 heteroatoms. The molecular formula is C14H17N3O4. The number of hydrogen-bond acceptors (Lipinski definition) is 4. The summed E-state index contributed by atoms with van der Waals surface area (Å²) in [6.45, 7) is -0.0886. The van der Waals surface area contributed by atoms with Gasteiger partial charge in [0.1, 0.15) is 6.04 Å². The highest BCUT2D eigenvalue weighted by Gasteiger charge is 2.39. The van der Waals surface area contributed by atoms with E-state index in [1.54, 1.807) is 30.3 Å². The van der Waals surface area contributed by atoms with Gasteiger partial charge in [-0.2, -0.15) is 0 Å². The van der Waals surface area contributed by atoms with Crippen LogP contribution in [0.2, 0.25) is 0 Å². The molecule has 112 valence electrons. The van der Waals surface area contributed by atoms with Crippen LogP contribution in [-0.2, 0) is 9.59 Å². The summed E-state index contributed by atoms with van der Waals surface area (Å²) in [6.07, 6.45) is 0.180. The zero-order chi connectivity index (χ0) is 15.4. The smallest absolute Gasteiger partial charge is 0.326 e. The molecule has 2 atom stereocenters. The number of nitrogens with two attached hydrogens (primary N) is 1. The lowest BCUT2D eigenvalue weighted by Gasteiger charge is -2.20. The number of rotatable bonds is 4. The molecule has 1 saturated heterocycles. The molecule has 0 aromatic heterocycles. The number of carboxylic acids is 1. The molecule has 1 aromatic rings. The van der Waals surface area contributed by atoms with Gasteiger partial charge in [-0.1, -0.05) is 18.2 Å². The fourth-order valence-electron chi connectivity index (χ4n) is 2.43. The van der Waals surface area contributed by atoms with E-state index in [4.69, 9.17) is 10.8 Å². The monoisotopic (exact) mass is 291 g/mol. The zero-order valence-electron chi connectivity index (χ0n) is 11.4. The Morgan fingerprint density at radius 3 is 2.52 bits per heavy atom. The number of hydrogen-bond donors (Lipinski definition) is 3. The maximum Gasteiger partial charge on any atom is 0.326 e. The number of nitrogens with one attached hydrogen (secondary N) is 1. The summed E-state index contributed by atoms with van der Waals surface area (Å²) in [6, 6.07) is 7.29. The van der Waals surface area contributed by atoms with E-state index in [0.29, 0.717) is 5.56 Å².